The summed E-state index contributed by atoms with van der Waals surface area (Å²) in [5.41, 5.74) is 0. The molecule has 0 aromatic rings. The second-order valence-corrected chi connectivity index (χ2v) is 4.83. The van der Waals surface area contributed by atoms with Crippen molar-refractivity contribution in [1.82, 2.24) is 5.32 Å². The Labute approximate surface area is 79.2 Å². The normalized spacial score (nSPS) is 23.0. The van der Waals surface area contributed by atoms with E-state index in [9.17, 15) is 0 Å². The number of nitrogens with zero attached hydrogens (tertiary/aromatic N) is 1. The van der Waals surface area contributed by atoms with Crippen molar-refractivity contribution in [2.75, 3.05) is 13.1 Å². The summed E-state index contributed by atoms with van der Waals surface area (Å²) in [6.45, 7) is 8.64. The molecule has 0 saturated heterocycles. The van der Waals surface area contributed by atoms with Crippen LogP contribution >= 0.6 is 11.8 Å². The minimum atomic E-state index is 0.721. The van der Waals surface area contributed by atoms with Crippen LogP contribution in [0.25, 0.3) is 0 Å². The molecule has 0 aromatic heterocycles. The first-order valence-corrected chi connectivity index (χ1v) is 5.55. The maximum absolute atomic E-state index is 4.43. The first kappa shape index (κ1) is 9.90. The van der Waals surface area contributed by atoms with E-state index in [0.29, 0.717) is 0 Å². The molecule has 1 aliphatic heterocycles. The molecule has 0 amide bonds. The highest BCUT2D eigenvalue weighted by molar-refractivity contribution is 8.14. The van der Waals surface area contributed by atoms with E-state index in [1.54, 1.807) is 0 Å². The molecule has 0 bridgehead atoms. The Kier molecular flexibility index (Phi) is 3.92. The van der Waals surface area contributed by atoms with Gasteiger partial charge in [-0.05, 0) is 19.3 Å². The van der Waals surface area contributed by atoms with E-state index in [0.717, 1.165) is 29.4 Å². The van der Waals surface area contributed by atoms with E-state index in [1.165, 1.54) is 6.42 Å². The van der Waals surface area contributed by atoms with E-state index in [-0.39, 0.29) is 0 Å². The smallest absolute Gasteiger partial charge is 0.156 e. The van der Waals surface area contributed by atoms with Gasteiger partial charge in [-0.2, -0.15) is 0 Å². The molecule has 1 heterocycles. The lowest BCUT2D eigenvalue weighted by Crippen LogP contribution is -2.18. The third-order valence-corrected chi connectivity index (χ3v) is 2.95. The van der Waals surface area contributed by atoms with Gasteiger partial charge in [0.1, 0.15) is 0 Å². The highest BCUT2D eigenvalue weighted by atomic mass is 32.2. The summed E-state index contributed by atoms with van der Waals surface area (Å²) >= 11 is 1.90. The highest BCUT2D eigenvalue weighted by Gasteiger charge is 2.19. The standard InChI is InChI=1S/C9H18N2S/c1-4-10-9-11-6-8(12-9)5-7(2)3/h7-8H,4-6H2,1-3H3,(H,10,11). The largest absolute Gasteiger partial charge is 0.365 e. The van der Waals surface area contributed by atoms with Crippen LogP contribution in [0.2, 0.25) is 0 Å². The maximum Gasteiger partial charge on any atom is 0.156 e. The van der Waals surface area contributed by atoms with Crippen molar-refractivity contribution >= 4 is 16.9 Å². The fourth-order valence-corrected chi connectivity index (χ4v) is 2.64. The number of hydrogen-bond acceptors (Lipinski definition) is 3. The first-order valence-electron chi connectivity index (χ1n) is 4.67. The number of thioether (sulfide) groups is 1. The third kappa shape index (κ3) is 3.05. The van der Waals surface area contributed by atoms with Crippen LogP contribution in [0.5, 0.6) is 0 Å². The van der Waals surface area contributed by atoms with Crippen molar-refractivity contribution in [2.24, 2.45) is 10.9 Å². The van der Waals surface area contributed by atoms with Gasteiger partial charge in [-0.3, -0.25) is 4.99 Å². The molecule has 0 aliphatic carbocycles. The predicted octanol–water partition coefficient (Wildman–Crippen LogP) is 2.11. The second kappa shape index (κ2) is 4.75. The minimum Gasteiger partial charge on any atom is -0.365 e. The van der Waals surface area contributed by atoms with Crippen LogP contribution in [0, 0.1) is 5.92 Å². The molecule has 1 N–H and O–H groups in total. The fourth-order valence-electron chi connectivity index (χ4n) is 1.31. The average Bonchev–Trinajstić information content (AvgIpc) is 2.36. The minimum absolute atomic E-state index is 0.721. The predicted molar refractivity (Wildman–Crippen MR) is 56.8 cm³/mol. The molecule has 0 saturated carbocycles. The summed E-state index contributed by atoms with van der Waals surface area (Å²) in [4.78, 5) is 4.43. The molecule has 0 spiro atoms. The summed E-state index contributed by atoms with van der Waals surface area (Å²) in [6.07, 6.45) is 1.28. The monoisotopic (exact) mass is 186 g/mol. The summed E-state index contributed by atoms with van der Waals surface area (Å²) in [5.74, 6) is 0.790. The van der Waals surface area contributed by atoms with Gasteiger partial charge in [0.2, 0.25) is 0 Å². The second-order valence-electron chi connectivity index (χ2n) is 3.55. The molecular formula is C9H18N2S. The zero-order valence-corrected chi connectivity index (χ0v) is 8.95. The van der Waals surface area contributed by atoms with E-state index in [4.69, 9.17) is 0 Å². The topological polar surface area (TPSA) is 24.4 Å². The van der Waals surface area contributed by atoms with E-state index in [1.807, 2.05) is 11.8 Å². The van der Waals surface area contributed by atoms with E-state index in [2.05, 4.69) is 31.1 Å². The molecule has 1 rings (SSSR count). The molecule has 1 atom stereocenters. The third-order valence-electron chi connectivity index (χ3n) is 1.78. The van der Waals surface area contributed by atoms with Crippen LogP contribution in [0.4, 0.5) is 0 Å². The van der Waals surface area contributed by atoms with Crippen LogP contribution in [0.1, 0.15) is 27.2 Å². The molecule has 3 heteroatoms. The molecule has 0 aromatic carbocycles. The Balaban J connectivity index is 2.22. The molecule has 1 aliphatic rings. The molecule has 12 heavy (non-hydrogen) atoms. The molecule has 1 unspecified atom stereocenters. The van der Waals surface area contributed by atoms with Gasteiger partial charge in [0, 0.05) is 11.8 Å². The van der Waals surface area contributed by atoms with Crippen molar-refractivity contribution in [3.05, 3.63) is 0 Å². The number of amidine groups is 1. The van der Waals surface area contributed by atoms with E-state index < -0.39 is 0 Å². The summed E-state index contributed by atoms with van der Waals surface area (Å²) in [7, 11) is 0. The number of nitrogens with one attached hydrogen (secondary N) is 1. The van der Waals surface area contributed by atoms with Crippen LogP contribution < -0.4 is 5.32 Å². The van der Waals surface area contributed by atoms with Crippen LogP contribution in [0.3, 0.4) is 0 Å². The van der Waals surface area contributed by atoms with Gasteiger partial charge < -0.3 is 5.32 Å². The number of hydrogen-bond donors (Lipinski definition) is 1. The quantitative estimate of drug-likeness (QED) is 0.730. The van der Waals surface area contributed by atoms with Crippen molar-refractivity contribution in [2.45, 2.75) is 32.4 Å². The van der Waals surface area contributed by atoms with Crippen LogP contribution in [-0.2, 0) is 0 Å². The lowest BCUT2D eigenvalue weighted by Gasteiger charge is -2.10. The molecule has 0 radical (unpaired) electrons. The van der Waals surface area contributed by atoms with Gasteiger partial charge in [0.15, 0.2) is 5.17 Å². The zero-order valence-electron chi connectivity index (χ0n) is 8.13. The van der Waals surface area contributed by atoms with Crippen molar-refractivity contribution in [3.8, 4) is 0 Å². The zero-order chi connectivity index (χ0) is 8.97. The van der Waals surface area contributed by atoms with E-state index >= 15 is 0 Å². The van der Waals surface area contributed by atoms with Gasteiger partial charge in [0.05, 0.1) is 6.54 Å². The SMILES string of the molecule is CCNC1=NCC(CC(C)C)S1. The van der Waals surface area contributed by atoms with Gasteiger partial charge in [-0.1, -0.05) is 25.6 Å². The lowest BCUT2D eigenvalue weighted by molar-refractivity contribution is 0.575. The highest BCUT2D eigenvalue weighted by Crippen LogP contribution is 2.25. The van der Waals surface area contributed by atoms with Gasteiger partial charge in [0.25, 0.3) is 0 Å². The average molecular weight is 186 g/mol. The molecule has 0 fully saturated rings. The van der Waals surface area contributed by atoms with Crippen molar-refractivity contribution < 1.29 is 0 Å². The van der Waals surface area contributed by atoms with Gasteiger partial charge in [-0.25, -0.2) is 0 Å². The Bertz CT molecular complexity index is 166. The summed E-state index contributed by atoms with van der Waals surface area (Å²) < 4.78 is 0. The van der Waals surface area contributed by atoms with Crippen molar-refractivity contribution in [3.63, 3.8) is 0 Å². The Morgan fingerprint density at radius 1 is 1.67 bits per heavy atom. The first-order chi connectivity index (χ1) is 5.72. The summed E-state index contributed by atoms with van der Waals surface area (Å²) in [5, 5.41) is 5.12. The molecular weight excluding hydrogens is 168 g/mol. The van der Waals surface area contributed by atoms with Gasteiger partial charge in [-0.15, -0.1) is 0 Å². The van der Waals surface area contributed by atoms with Crippen LogP contribution in [-0.4, -0.2) is 23.5 Å². The maximum atomic E-state index is 4.43. The fraction of sp³-hybridized carbons (Fsp3) is 0.889. The lowest BCUT2D eigenvalue weighted by atomic mass is 10.1. The number of aliphatic imine (C=N–C) groups is 1. The van der Waals surface area contributed by atoms with Crippen LogP contribution in [0.15, 0.2) is 4.99 Å². The Morgan fingerprint density at radius 3 is 3.00 bits per heavy atom. The molecule has 2 nitrogen and oxygen atoms in total. The van der Waals surface area contributed by atoms with Gasteiger partial charge >= 0.3 is 0 Å². The summed E-state index contributed by atoms with van der Waals surface area (Å²) in [6, 6.07) is 0. The Morgan fingerprint density at radius 2 is 2.42 bits per heavy atom. The van der Waals surface area contributed by atoms with Crippen molar-refractivity contribution in [1.29, 1.82) is 0 Å². The Hall–Kier alpha value is -0.180. The number of rotatable bonds is 3. The molecule has 70 valence electrons.